The minimum atomic E-state index is -0.212. The van der Waals surface area contributed by atoms with Crippen molar-refractivity contribution in [2.24, 2.45) is 0 Å². The van der Waals surface area contributed by atoms with E-state index in [0.717, 1.165) is 89.4 Å². The van der Waals surface area contributed by atoms with Gasteiger partial charge in [-0.25, -0.2) is 9.97 Å². The summed E-state index contributed by atoms with van der Waals surface area (Å²) in [6.45, 7) is 0. The minimum absolute atomic E-state index is 0.212. The van der Waals surface area contributed by atoms with Gasteiger partial charge in [0.25, 0.3) is 5.91 Å². The van der Waals surface area contributed by atoms with Crippen molar-refractivity contribution in [3.05, 3.63) is 198 Å². The molecule has 0 spiro atoms. The highest BCUT2D eigenvalue weighted by molar-refractivity contribution is 6.11. The predicted octanol–water partition coefficient (Wildman–Crippen LogP) is 12.6. The lowest BCUT2D eigenvalue weighted by Crippen LogP contribution is -2.11. The van der Waals surface area contributed by atoms with Gasteiger partial charge in [0.15, 0.2) is 0 Å². The molecule has 6 heteroatoms. The van der Waals surface area contributed by atoms with Crippen molar-refractivity contribution in [1.29, 1.82) is 0 Å². The molecule has 5 aromatic carbocycles. The first-order chi connectivity index (χ1) is 28.2. The molecule has 8 bridgehead atoms. The Bertz CT molecular complexity index is 3020. The van der Waals surface area contributed by atoms with Crippen LogP contribution >= 0.6 is 0 Å². The first-order valence-corrected chi connectivity index (χ1v) is 19.0. The van der Waals surface area contributed by atoms with Gasteiger partial charge in [-0.2, -0.15) is 0 Å². The summed E-state index contributed by atoms with van der Waals surface area (Å²) < 4.78 is 0. The fourth-order valence-corrected chi connectivity index (χ4v) is 7.80. The molecule has 5 heterocycles. The summed E-state index contributed by atoms with van der Waals surface area (Å²) in [5.74, 6) is -0.212. The molecule has 8 aromatic rings. The standard InChI is InChI=1S/C51H35N5O/c57-51(37-24-14-5-15-25-37)56-45-32-44-48(35-20-10-3-11-21-35)42-29-28-40(53-42)46(33-16-6-1-7-17-33)38-26-27-39(52-38)47(34-18-8-2-9-19-34)41-30-31-43(54-41)49(50(45)55-44)36-22-12-4-13-23-36/h1-32,52,55H,(H,56,57). The van der Waals surface area contributed by atoms with Crippen LogP contribution in [0.25, 0.3) is 90.9 Å². The molecule has 3 aromatic heterocycles. The van der Waals surface area contributed by atoms with E-state index >= 15 is 0 Å². The second kappa shape index (κ2) is 14.4. The van der Waals surface area contributed by atoms with E-state index in [9.17, 15) is 4.79 Å². The van der Waals surface area contributed by atoms with Crippen molar-refractivity contribution in [3.63, 3.8) is 0 Å². The maximum atomic E-state index is 14.0. The molecule has 2 aliphatic rings. The van der Waals surface area contributed by atoms with Crippen molar-refractivity contribution < 1.29 is 4.79 Å². The Morgan fingerprint density at radius 1 is 0.404 bits per heavy atom. The van der Waals surface area contributed by atoms with Crippen LogP contribution in [0.2, 0.25) is 0 Å². The van der Waals surface area contributed by atoms with Crippen molar-refractivity contribution >= 4 is 58.0 Å². The molecule has 57 heavy (non-hydrogen) atoms. The molecule has 6 nitrogen and oxygen atoms in total. The SMILES string of the molecule is O=C(Nc1cc2[nH]c1c(-c1ccccc1)c1nc(c(-c3ccccc3)c3ccc([nH]3)c(-c3ccccc3)c3nc(c2-c2ccccc2)C=C3)C=C1)c1ccccc1. The van der Waals surface area contributed by atoms with Crippen molar-refractivity contribution in [2.75, 3.05) is 5.32 Å². The molecule has 270 valence electrons. The number of carbonyl (C=O) groups excluding carboxylic acids is 1. The zero-order valence-electron chi connectivity index (χ0n) is 30.8. The van der Waals surface area contributed by atoms with Gasteiger partial charge in [-0.1, -0.05) is 140 Å². The Morgan fingerprint density at radius 3 is 1.21 bits per heavy atom. The number of amides is 1. The van der Waals surface area contributed by atoms with Crippen LogP contribution in [-0.2, 0) is 0 Å². The van der Waals surface area contributed by atoms with E-state index < -0.39 is 0 Å². The summed E-state index contributed by atoms with van der Waals surface area (Å²) in [7, 11) is 0. The normalized spacial score (nSPS) is 11.8. The zero-order chi connectivity index (χ0) is 38.1. The fourth-order valence-electron chi connectivity index (χ4n) is 7.80. The molecule has 0 radical (unpaired) electrons. The van der Waals surface area contributed by atoms with Crippen LogP contribution in [0.3, 0.4) is 0 Å². The predicted molar refractivity (Wildman–Crippen MR) is 235 cm³/mol. The highest BCUT2D eigenvalue weighted by Gasteiger charge is 2.21. The third-order valence-corrected chi connectivity index (χ3v) is 10.4. The largest absolute Gasteiger partial charge is 0.354 e. The van der Waals surface area contributed by atoms with Crippen LogP contribution in [0, 0.1) is 0 Å². The van der Waals surface area contributed by atoms with Crippen LogP contribution in [0.5, 0.6) is 0 Å². The Balaban J connectivity index is 1.40. The van der Waals surface area contributed by atoms with Gasteiger partial charge < -0.3 is 15.3 Å². The van der Waals surface area contributed by atoms with E-state index in [2.05, 4.69) is 125 Å². The van der Waals surface area contributed by atoms with Crippen molar-refractivity contribution in [3.8, 4) is 44.5 Å². The number of rotatable bonds is 6. The van der Waals surface area contributed by atoms with Crippen molar-refractivity contribution in [2.45, 2.75) is 0 Å². The summed E-state index contributed by atoms with van der Waals surface area (Å²) in [5, 5.41) is 3.28. The molecule has 0 saturated heterocycles. The van der Waals surface area contributed by atoms with Crippen LogP contribution in [0.4, 0.5) is 5.69 Å². The topological polar surface area (TPSA) is 86.5 Å². The maximum Gasteiger partial charge on any atom is 0.255 e. The summed E-state index contributed by atoms with van der Waals surface area (Å²) in [4.78, 5) is 32.4. The quantitative estimate of drug-likeness (QED) is 0.159. The zero-order valence-corrected chi connectivity index (χ0v) is 30.8. The van der Waals surface area contributed by atoms with Gasteiger partial charge >= 0.3 is 0 Å². The van der Waals surface area contributed by atoms with E-state index in [1.807, 2.05) is 84.9 Å². The van der Waals surface area contributed by atoms with Gasteiger partial charge in [0, 0.05) is 38.9 Å². The molecule has 1 amide bonds. The molecule has 3 N–H and O–H groups in total. The third-order valence-electron chi connectivity index (χ3n) is 10.4. The number of nitrogens with zero attached hydrogens (tertiary/aromatic N) is 2. The molecule has 0 saturated carbocycles. The molecular weight excluding hydrogens is 699 g/mol. The Kier molecular flexibility index (Phi) is 8.54. The van der Waals surface area contributed by atoms with E-state index in [1.165, 1.54) is 0 Å². The number of carbonyl (C=O) groups is 1. The number of fused-ring (bicyclic) bond motifs is 8. The maximum absolute atomic E-state index is 14.0. The average molecular weight is 734 g/mol. The van der Waals surface area contributed by atoms with Crippen LogP contribution in [-0.4, -0.2) is 25.8 Å². The number of benzene rings is 5. The van der Waals surface area contributed by atoms with Crippen molar-refractivity contribution in [1.82, 2.24) is 19.9 Å². The first kappa shape index (κ1) is 33.7. The molecule has 0 fully saturated rings. The number of aromatic amines is 2. The van der Waals surface area contributed by atoms with Crippen LogP contribution < -0.4 is 5.32 Å². The lowest BCUT2D eigenvalue weighted by atomic mass is 10.0. The van der Waals surface area contributed by atoms with E-state index in [4.69, 9.17) is 9.97 Å². The number of hydrogen-bond acceptors (Lipinski definition) is 3. The highest BCUT2D eigenvalue weighted by atomic mass is 16.1. The van der Waals surface area contributed by atoms with Gasteiger partial charge in [-0.05, 0) is 76.9 Å². The lowest BCUT2D eigenvalue weighted by molar-refractivity contribution is 0.102. The van der Waals surface area contributed by atoms with Gasteiger partial charge in [0.2, 0.25) is 0 Å². The number of anilines is 1. The Morgan fingerprint density at radius 2 is 0.772 bits per heavy atom. The summed E-state index contributed by atoms with van der Waals surface area (Å²) in [5.41, 5.74) is 15.5. The van der Waals surface area contributed by atoms with E-state index in [-0.39, 0.29) is 5.91 Å². The van der Waals surface area contributed by atoms with Gasteiger partial charge in [-0.15, -0.1) is 0 Å². The lowest BCUT2D eigenvalue weighted by Gasteiger charge is -2.08. The molecule has 0 aliphatic carbocycles. The van der Waals surface area contributed by atoms with Gasteiger partial charge in [0.05, 0.1) is 39.5 Å². The second-order valence-corrected chi connectivity index (χ2v) is 14.0. The third kappa shape index (κ3) is 6.35. The van der Waals surface area contributed by atoms with Crippen LogP contribution in [0.15, 0.2) is 170 Å². The first-order valence-electron chi connectivity index (χ1n) is 19.0. The molecule has 0 atom stereocenters. The van der Waals surface area contributed by atoms with Crippen LogP contribution in [0.1, 0.15) is 33.1 Å². The van der Waals surface area contributed by atoms with E-state index in [0.29, 0.717) is 11.3 Å². The summed E-state index contributed by atoms with van der Waals surface area (Å²) in [6.07, 6.45) is 8.33. The minimum Gasteiger partial charge on any atom is -0.354 e. The number of nitrogens with one attached hydrogen (secondary N) is 3. The Labute approximate surface area is 329 Å². The smallest absolute Gasteiger partial charge is 0.255 e. The summed E-state index contributed by atoms with van der Waals surface area (Å²) in [6, 6.07) is 56.8. The fraction of sp³-hybridized carbons (Fsp3) is 0. The molecule has 0 unspecified atom stereocenters. The summed E-state index contributed by atoms with van der Waals surface area (Å²) >= 11 is 0. The molecule has 10 rings (SSSR count). The second-order valence-electron chi connectivity index (χ2n) is 14.0. The van der Waals surface area contributed by atoms with Gasteiger partial charge in [-0.3, -0.25) is 4.79 Å². The number of aromatic nitrogens is 4. The number of hydrogen-bond donors (Lipinski definition) is 3. The molecular formula is C51H35N5O. The average Bonchev–Trinajstić information content (AvgIpc) is 4.11. The van der Waals surface area contributed by atoms with Gasteiger partial charge in [0.1, 0.15) is 0 Å². The monoisotopic (exact) mass is 733 g/mol. The van der Waals surface area contributed by atoms with E-state index in [1.54, 1.807) is 0 Å². The Hall–Kier alpha value is -7.83. The highest BCUT2D eigenvalue weighted by Crippen LogP contribution is 2.40. The molecule has 2 aliphatic heterocycles. The number of H-pyrrole nitrogens is 2.